The van der Waals surface area contributed by atoms with Crippen molar-refractivity contribution in [2.75, 3.05) is 25.4 Å². The minimum Gasteiger partial charge on any atom is -0.444 e. The van der Waals surface area contributed by atoms with E-state index in [0.29, 0.717) is 12.3 Å². The van der Waals surface area contributed by atoms with Crippen molar-refractivity contribution in [3.63, 3.8) is 0 Å². The molecule has 2 aliphatic heterocycles. The fourth-order valence-electron chi connectivity index (χ4n) is 8.05. The number of nitrogens with zero attached hydrogens (tertiary/aromatic N) is 4. The molecule has 54 heavy (non-hydrogen) atoms. The average Bonchev–Trinajstić information content (AvgIpc) is 3.14. The Hall–Kier alpha value is -4.52. The number of nitrogens with two attached hydrogens (primary N) is 1. The van der Waals surface area contributed by atoms with E-state index < -0.39 is 34.5 Å². The Balaban J connectivity index is 1.02. The van der Waals surface area contributed by atoms with Gasteiger partial charge in [0.1, 0.15) is 17.7 Å². The Kier molecular flexibility index (Phi) is 11.7. The number of anilines is 1. The van der Waals surface area contributed by atoms with Gasteiger partial charge in [0.15, 0.2) is 5.69 Å². The zero-order valence-corrected chi connectivity index (χ0v) is 31.5. The van der Waals surface area contributed by atoms with E-state index >= 15 is 0 Å². The second-order valence-electron chi connectivity index (χ2n) is 16.3. The number of alkyl halides is 2. The number of nitrogen functional groups attached to an aromatic ring is 1. The highest BCUT2D eigenvalue weighted by atomic mass is 19.3. The van der Waals surface area contributed by atoms with Gasteiger partial charge < -0.3 is 30.1 Å². The monoisotopic (exact) mass is 749 g/mol. The first-order valence-electron chi connectivity index (χ1n) is 19.2. The minimum absolute atomic E-state index is 0.0438. The molecule has 6 rings (SSSR count). The van der Waals surface area contributed by atoms with Gasteiger partial charge in [0.2, 0.25) is 17.7 Å². The van der Waals surface area contributed by atoms with Crippen LogP contribution in [0.5, 0.6) is 11.6 Å². The molecule has 13 heteroatoms. The quantitative estimate of drug-likeness (QED) is 0.241. The highest BCUT2D eigenvalue weighted by Crippen LogP contribution is 2.46. The van der Waals surface area contributed by atoms with Gasteiger partial charge in [0.25, 0.3) is 5.56 Å². The number of carbonyl (C=O) groups is 2. The van der Waals surface area contributed by atoms with Crippen LogP contribution < -0.4 is 16.0 Å². The minimum atomic E-state index is -2.82. The molecule has 3 fully saturated rings. The van der Waals surface area contributed by atoms with E-state index in [1.54, 1.807) is 41.3 Å². The zero-order valence-electron chi connectivity index (χ0n) is 31.5. The van der Waals surface area contributed by atoms with Gasteiger partial charge in [0.05, 0.1) is 12.1 Å². The number of rotatable bonds is 9. The van der Waals surface area contributed by atoms with Crippen molar-refractivity contribution >= 4 is 17.7 Å². The van der Waals surface area contributed by atoms with Gasteiger partial charge in [0, 0.05) is 50.4 Å². The largest absolute Gasteiger partial charge is 0.444 e. The number of halogens is 2. The molecule has 3 heterocycles. The Morgan fingerprint density at radius 1 is 0.981 bits per heavy atom. The molecular formula is C41H53F2N5O6. The molecule has 1 unspecified atom stereocenters. The van der Waals surface area contributed by atoms with Crippen LogP contribution in [0.4, 0.5) is 19.3 Å². The third kappa shape index (κ3) is 9.58. The lowest BCUT2D eigenvalue weighted by atomic mass is 9.73. The van der Waals surface area contributed by atoms with E-state index in [1.165, 1.54) is 10.9 Å². The summed E-state index contributed by atoms with van der Waals surface area (Å²) >= 11 is 0. The number of aryl methyl sites for hydroxylation is 1. The van der Waals surface area contributed by atoms with Gasteiger partial charge in [-0.1, -0.05) is 42.5 Å². The number of likely N-dealkylation sites (tertiary alicyclic amines) is 2. The van der Waals surface area contributed by atoms with E-state index in [4.69, 9.17) is 15.2 Å². The van der Waals surface area contributed by atoms with Crippen LogP contribution in [0.15, 0.2) is 65.7 Å². The van der Waals surface area contributed by atoms with Gasteiger partial charge in [-0.3, -0.25) is 14.2 Å². The number of ether oxygens (including phenoxy) is 2. The molecular weight excluding hydrogens is 696 g/mol. The molecule has 0 radical (unpaired) electrons. The van der Waals surface area contributed by atoms with E-state index in [9.17, 15) is 28.3 Å². The summed E-state index contributed by atoms with van der Waals surface area (Å²) in [7, 11) is 0. The molecule has 1 aliphatic carbocycles. The van der Waals surface area contributed by atoms with Crippen LogP contribution in [0.1, 0.15) is 95.6 Å². The number of carbonyl (C=O) groups excluding carboxylic acids is 2. The van der Waals surface area contributed by atoms with E-state index in [0.717, 1.165) is 43.2 Å². The number of hydrogen-bond acceptors (Lipinski definition) is 8. The van der Waals surface area contributed by atoms with Gasteiger partial charge in [-0.05, 0) is 95.4 Å². The molecule has 1 saturated carbocycles. The number of hydrogen-bond donors (Lipinski definition) is 2. The zero-order chi connectivity index (χ0) is 38.7. The maximum atomic E-state index is 14.5. The number of amides is 2. The van der Waals surface area contributed by atoms with Gasteiger partial charge >= 0.3 is 6.09 Å². The van der Waals surface area contributed by atoms with E-state index in [2.05, 4.69) is 4.98 Å². The average molecular weight is 750 g/mol. The Morgan fingerprint density at radius 2 is 1.69 bits per heavy atom. The maximum Gasteiger partial charge on any atom is 0.410 e. The van der Waals surface area contributed by atoms with Crippen molar-refractivity contribution in [3.05, 3.63) is 82.4 Å². The Morgan fingerprint density at radius 3 is 2.37 bits per heavy atom. The first kappa shape index (κ1) is 39.2. The number of aromatic nitrogens is 2. The molecule has 2 amide bonds. The van der Waals surface area contributed by atoms with Gasteiger partial charge in [-0.15, -0.1) is 0 Å². The van der Waals surface area contributed by atoms with Crippen LogP contribution in [0.25, 0.3) is 0 Å². The van der Waals surface area contributed by atoms with Crippen molar-refractivity contribution in [2.24, 2.45) is 5.92 Å². The highest BCUT2D eigenvalue weighted by Gasteiger charge is 2.46. The van der Waals surface area contributed by atoms with Crippen molar-refractivity contribution in [3.8, 4) is 11.6 Å². The lowest BCUT2D eigenvalue weighted by Crippen LogP contribution is -2.52. The highest BCUT2D eigenvalue weighted by molar-refractivity contribution is 5.80. The number of benzene rings is 2. The molecule has 3 aromatic rings. The standard InChI is InChI=1S/C41H53F2N5O6/c1-39(2,3)54-38(51)48-22-8-7-11-30(48)15-12-28-13-16-31(17-14-28)53-35-34(44)37(50)47(27-45-35)26-40(52)20-23-46(24-21-40)36(49)32-18-19-41(42,43)25-33(32)29-9-5-4-6-10-29/h4-6,9-10,13-14,16-17,27,30,32-33,52H,7-8,11-12,15,18-26,44H2,1-3H3/t30?,32-,33+/m1/s1. The second-order valence-corrected chi connectivity index (χ2v) is 16.3. The molecule has 2 aromatic carbocycles. The molecule has 11 nitrogen and oxygen atoms in total. The Bertz CT molecular complexity index is 1820. The fraction of sp³-hybridized carbons (Fsp3) is 0.561. The molecule has 292 valence electrons. The van der Waals surface area contributed by atoms with Crippen LogP contribution in [-0.2, 0) is 22.5 Å². The summed E-state index contributed by atoms with van der Waals surface area (Å²) in [6.45, 7) is 6.72. The molecule has 0 bridgehead atoms. The SMILES string of the molecule is CC(C)(C)OC(=O)N1CCCCC1CCc1ccc(Oc2ncn(CC3(O)CCN(C(=O)[C@@H]4CCC(F)(F)C[C@H]4c4ccccc4)CC3)c(=O)c2N)cc1. The van der Waals surface area contributed by atoms with Crippen molar-refractivity contribution in [1.29, 1.82) is 0 Å². The third-order valence-corrected chi connectivity index (χ3v) is 11.0. The van der Waals surface area contributed by atoms with Crippen LogP contribution in [0.2, 0.25) is 0 Å². The van der Waals surface area contributed by atoms with Gasteiger partial charge in [-0.25, -0.2) is 18.6 Å². The molecule has 2 saturated heterocycles. The summed E-state index contributed by atoms with van der Waals surface area (Å²) in [6.07, 6.45) is 5.40. The molecule has 1 aromatic heterocycles. The summed E-state index contributed by atoms with van der Waals surface area (Å²) in [5, 5.41) is 11.5. The Labute approximate surface area is 315 Å². The lowest BCUT2D eigenvalue weighted by molar-refractivity contribution is -0.145. The number of aliphatic hydroxyl groups is 1. The maximum absolute atomic E-state index is 14.5. The molecule has 3 N–H and O–H groups in total. The van der Waals surface area contributed by atoms with Crippen molar-refractivity contribution < 1.29 is 33.0 Å². The summed E-state index contributed by atoms with van der Waals surface area (Å²) in [4.78, 5) is 47.6. The van der Waals surface area contributed by atoms with Crippen LogP contribution in [-0.4, -0.2) is 79.3 Å². The molecule has 0 spiro atoms. The predicted molar refractivity (Wildman–Crippen MR) is 201 cm³/mol. The topological polar surface area (TPSA) is 140 Å². The summed E-state index contributed by atoms with van der Waals surface area (Å²) < 4.78 is 41.7. The smallest absolute Gasteiger partial charge is 0.410 e. The van der Waals surface area contributed by atoms with Crippen molar-refractivity contribution in [2.45, 2.75) is 121 Å². The van der Waals surface area contributed by atoms with Crippen LogP contribution >= 0.6 is 0 Å². The predicted octanol–water partition coefficient (Wildman–Crippen LogP) is 6.91. The third-order valence-electron chi connectivity index (χ3n) is 11.0. The second kappa shape index (κ2) is 16.1. The van der Waals surface area contributed by atoms with E-state index in [1.807, 2.05) is 43.9 Å². The molecule has 3 atom stereocenters. The normalized spacial score (nSPS) is 22.7. The van der Waals surface area contributed by atoms with Crippen LogP contribution in [0, 0.1) is 5.92 Å². The van der Waals surface area contributed by atoms with E-state index in [-0.39, 0.29) is 81.3 Å². The number of piperidine rings is 2. The first-order valence-corrected chi connectivity index (χ1v) is 19.2. The summed E-state index contributed by atoms with van der Waals surface area (Å²) in [5.74, 6) is -3.73. The molecule has 3 aliphatic rings. The summed E-state index contributed by atoms with van der Waals surface area (Å²) in [6, 6.07) is 16.6. The van der Waals surface area contributed by atoms with Gasteiger partial charge in [-0.2, -0.15) is 0 Å². The lowest BCUT2D eigenvalue weighted by Gasteiger charge is -2.42. The van der Waals surface area contributed by atoms with Crippen LogP contribution in [0.3, 0.4) is 0 Å². The fourth-order valence-corrected chi connectivity index (χ4v) is 8.05. The summed E-state index contributed by atoms with van der Waals surface area (Å²) in [5.41, 5.74) is 5.40. The first-order chi connectivity index (χ1) is 25.6. The van der Waals surface area contributed by atoms with Crippen molar-refractivity contribution in [1.82, 2.24) is 19.4 Å².